The van der Waals surface area contributed by atoms with E-state index in [0.717, 1.165) is 30.5 Å². The van der Waals surface area contributed by atoms with Gasteiger partial charge in [0.2, 0.25) is 0 Å². The van der Waals surface area contributed by atoms with Crippen molar-refractivity contribution in [3.05, 3.63) is 41.1 Å². The van der Waals surface area contributed by atoms with Crippen LogP contribution in [0.4, 0.5) is 5.69 Å². The highest BCUT2D eigenvalue weighted by molar-refractivity contribution is 7.92. The second-order valence-corrected chi connectivity index (χ2v) is 7.77. The molecule has 1 aromatic heterocycles. The van der Waals surface area contributed by atoms with E-state index in [4.69, 9.17) is 5.11 Å². The molecule has 0 bridgehead atoms. The third-order valence-corrected chi connectivity index (χ3v) is 6.28. The molecule has 0 amide bonds. The van der Waals surface area contributed by atoms with Gasteiger partial charge in [-0.3, -0.25) is 8.99 Å². The molecule has 0 aliphatic heterocycles. The molecule has 8 heteroatoms. The highest BCUT2D eigenvalue weighted by Gasteiger charge is 2.31. The van der Waals surface area contributed by atoms with E-state index in [1.807, 2.05) is 0 Å². The maximum atomic E-state index is 13.1. The summed E-state index contributed by atoms with van der Waals surface area (Å²) >= 11 is 0. The van der Waals surface area contributed by atoms with Crippen LogP contribution in [-0.4, -0.2) is 36.3 Å². The lowest BCUT2D eigenvalue weighted by molar-refractivity contribution is 0.0697. The zero-order valence-corrected chi connectivity index (χ0v) is 14.4. The van der Waals surface area contributed by atoms with Gasteiger partial charge in [0.05, 0.1) is 16.9 Å². The molecule has 7 nitrogen and oxygen atoms in total. The molecule has 24 heavy (non-hydrogen) atoms. The summed E-state index contributed by atoms with van der Waals surface area (Å²) in [4.78, 5) is 10.9. The smallest absolute Gasteiger partial charge is 0.335 e. The summed E-state index contributed by atoms with van der Waals surface area (Å²) in [5, 5.41) is 13.5. The number of rotatable bonds is 4. The van der Waals surface area contributed by atoms with Crippen molar-refractivity contribution in [2.45, 2.75) is 30.7 Å². The number of sulfonamides is 1. The number of carbonyl (C=O) groups is 1. The first-order chi connectivity index (χ1) is 11.3. The summed E-state index contributed by atoms with van der Waals surface area (Å²) in [5.41, 5.74) is 2.18. The number of nitrogens with zero attached hydrogens (tertiary/aromatic N) is 3. The van der Waals surface area contributed by atoms with E-state index >= 15 is 0 Å². The quantitative estimate of drug-likeness (QED) is 0.909. The van der Waals surface area contributed by atoms with Gasteiger partial charge in [-0.05, 0) is 49.9 Å². The van der Waals surface area contributed by atoms with Crippen molar-refractivity contribution in [1.29, 1.82) is 0 Å². The third kappa shape index (κ3) is 2.66. The number of aromatic carboxylic acids is 1. The zero-order valence-electron chi connectivity index (χ0n) is 13.6. The van der Waals surface area contributed by atoms with E-state index in [2.05, 4.69) is 5.10 Å². The van der Waals surface area contributed by atoms with Crippen molar-refractivity contribution < 1.29 is 18.3 Å². The lowest BCUT2D eigenvalue weighted by Gasteiger charge is -2.21. The number of benzene rings is 1. The molecule has 0 saturated carbocycles. The molecule has 1 N–H and O–H groups in total. The van der Waals surface area contributed by atoms with E-state index in [9.17, 15) is 13.2 Å². The fraction of sp³-hybridized carbons (Fsp3) is 0.375. The van der Waals surface area contributed by atoms with Crippen LogP contribution in [0.2, 0.25) is 0 Å². The van der Waals surface area contributed by atoms with Crippen LogP contribution in [0.15, 0.2) is 29.3 Å². The Morgan fingerprint density at radius 1 is 1.21 bits per heavy atom. The summed E-state index contributed by atoms with van der Waals surface area (Å²) < 4.78 is 28.7. The van der Waals surface area contributed by atoms with Gasteiger partial charge in [-0.1, -0.05) is 0 Å². The number of hydrogen-bond acceptors (Lipinski definition) is 4. The van der Waals surface area contributed by atoms with Crippen LogP contribution in [0.5, 0.6) is 0 Å². The highest BCUT2D eigenvalue weighted by atomic mass is 32.2. The molecule has 0 saturated heterocycles. The second-order valence-electron chi connectivity index (χ2n) is 5.89. The third-order valence-electron chi connectivity index (χ3n) is 4.34. The van der Waals surface area contributed by atoms with Gasteiger partial charge in [-0.25, -0.2) is 4.79 Å². The molecule has 0 radical (unpaired) electrons. The molecule has 128 valence electrons. The number of fused-ring (bicyclic) bond motifs is 1. The second kappa shape index (κ2) is 5.94. The summed E-state index contributed by atoms with van der Waals surface area (Å²) in [7, 11) is -0.657. The van der Waals surface area contributed by atoms with Crippen LogP contribution in [0.3, 0.4) is 0 Å². The van der Waals surface area contributed by atoms with E-state index in [1.54, 1.807) is 7.05 Å². The molecule has 0 unspecified atom stereocenters. The molecule has 1 aliphatic carbocycles. The molecule has 0 atom stereocenters. The molecule has 1 aliphatic rings. The highest BCUT2D eigenvalue weighted by Crippen LogP contribution is 2.30. The Labute approximate surface area is 140 Å². The number of aromatic nitrogens is 2. The fourth-order valence-electron chi connectivity index (χ4n) is 3.06. The van der Waals surface area contributed by atoms with Crippen LogP contribution in [-0.2, 0) is 29.9 Å². The average Bonchev–Trinajstić information content (AvgIpc) is 2.90. The van der Waals surface area contributed by atoms with E-state index < -0.39 is 16.0 Å². The average molecular weight is 349 g/mol. The Hall–Kier alpha value is -2.35. The number of carboxylic acid groups (broad SMARTS) is 1. The molecular formula is C16H19N3O4S. The van der Waals surface area contributed by atoms with Crippen LogP contribution < -0.4 is 4.31 Å². The van der Waals surface area contributed by atoms with Crippen LogP contribution in [0.1, 0.15) is 34.5 Å². The summed E-state index contributed by atoms with van der Waals surface area (Å²) in [5.74, 6) is -1.05. The van der Waals surface area contributed by atoms with E-state index in [1.165, 1.54) is 40.3 Å². The van der Waals surface area contributed by atoms with Crippen molar-refractivity contribution in [2.24, 2.45) is 7.05 Å². The monoisotopic (exact) mass is 349 g/mol. The molecule has 1 heterocycles. The maximum Gasteiger partial charge on any atom is 0.335 e. The standard InChI is InChI=1S/C16H19N3O4S/c1-18-15(13-5-3-4-6-14(13)17-18)24(22,23)19(2)12-9-7-11(8-10-12)16(20)21/h7-10H,3-6H2,1-2H3,(H,20,21). The predicted octanol–water partition coefficient (Wildman–Crippen LogP) is 1.82. The van der Waals surface area contributed by atoms with Gasteiger partial charge in [0.25, 0.3) is 10.0 Å². The maximum absolute atomic E-state index is 13.1. The van der Waals surface area contributed by atoms with Gasteiger partial charge in [0, 0.05) is 19.7 Å². The molecule has 2 aromatic rings. The normalized spacial score (nSPS) is 14.2. The lowest BCUT2D eigenvalue weighted by Crippen LogP contribution is -2.29. The molecule has 0 fully saturated rings. The van der Waals surface area contributed by atoms with E-state index in [0.29, 0.717) is 12.1 Å². The number of anilines is 1. The minimum absolute atomic E-state index is 0.113. The Kier molecular flexibility index (Phi) is 4.08. The van der Waals surface area contributed by atoms with Crippen molar-refractivity contribution >= 4 is 21.7 Å². The molecule has 1 aromatic carbocycles. The minimum Gasteiger partial charge on any atom is -0.478 e. The molecule has 3 rings (SSSR count). The summed E-state index contributed by atoms with van der Waals surface area (Å²) in [6.45, 7) is 0. The van der Waals surface area contributed by atoms with Gasteiger partial charge < -0.3 is 5.11 Å². The first-order valence-corrected chi connectivity index (χ1v) is 9.13. The SMILES string of the molecule is CN(c1ccc(C(=O)O)cc1)S(=O)(=O)c1c2c(nn1C)CCCC2. The first-order valence-electron chi connectivity index (χ1n) is 7.69. The van der Waals surface area contributed by atoms with Gasteiger partial charge in [-0.15, -0.1) is 0 Å². The van der Waals surface area contributed by atoms with Gasteiger partial charge in [-0.2, -0.15) is 13.5 Å². The lowest BCUT2D eigenvalue weighted by atomic mass is 9.99. The first kappa shape index (κ1) is 16.5. The van der Waals surface area contributed by atoms with Crippen molar-refractivity contribution in [1.82, 2.24) is 9.78 Å². The van der Waals surface area contributed by atoms with Gasteiger partial charge in [0.15, 0.2) is 5.03 Å². The molecule has 0 spiro atoms. The van der Waals surface area contributed by atoms with Gasteiger partial charge in [0.1, 0.15) is 0 Å². The van der Waals surface area contributed by atoms with Crippen molar-refractivity contribution in [3.63, 3.8) is 0 Å². The summed E-state index contributed by atoms with van der Waals surface area (Å²) in [6.07, 6.45) is 3.49. The topological polar surface area (TPSA) is 92.5 Å². The largest absolute Gasteiger partial charge is 0.478 e. The summed E-state index contributed by atoms with van der Waals surface area (Å²) in [6, 6.07) is 5.76. The van der Waals surface area contributed by atoms with Crippen molar-refractivity contribution in [2.75, 3.05) is 11.4 Å². The minimum atomic E-state index is -3.77. The number of aryl methyl sites for hydroxylation is 2. The Morgan fingerprint density at radius 3 is 2.46 bits per heavy atom. The zero-order chi connectivity index (χ0) is 17.5. The number of carboxylic acids is 1. The van der Waals surface area contributed by atoms with Crippen LogP contribution in [0, 0.1) is 0 Å². The van der Waals surface area contributed by atoms with Crippen LogP contribution in [0.25, 0.3) is 0 Å². The van der Waals surface area contributed by atoms with E-state index in [-0.39, 0.29) is 10.6 Å². The Balaban J connectivity index is 2.01. The Morgan fingerprint density at radius 2 is 1.83 bits per heavy atom. The predicted molar refractivity (Wildman–Crippen MR) is 88.8 cm³/mol. The van der Waals surface area contributed by atoms with Gasteiger partial charge >= 0.3 is 5.97 Å². The Bertz CT molecular complexity index is 885. The molecular weight excluding hydrogens is 330 g/mol. The fourth-order valence-corrected chi connectivity index (χ4v) is 4.62. The number of hydrogen-bond donors (Lipinski definition) is 1. The van der Waals surface area contributed by atoms with Crippen molar-refractivity contribution in [3.8, 4) is 0 Å². The van der Waals surface area contributed by atoms with Crippen LogP contribution >= 0.6 is 0 Å².